The highest BCUT2D eigenvalue weighted by atomic mass is 35.5. The van der Waals surface area contributed by atoms with Gasteiger partial charge in [0.25, 0.3) is 0 Å². The van der Waals surface area contributed by atoms with Gasteiger partial charge >= 0.3 is 0 Å². The highest BCUT2D eigenvalue weighted by molar-refractivity contribution is 7.89. The Bertz CT molecular complexity index is 838. The van der Waals surface area contributed by atoms with Crippen LogP contribution >= 0.6 is 11.6 Å². The molecule has 8 heteroatoms. The lowest BCUT2D eigenvalue weighted by molar-refractivity contribution is 0.171. The zero-order chi connectivity index (χ0) is 17.2. The molecule has 0 radical (unpaired) electrons. The number of nitrogens with one attached hydrogen (secondary N) is 1. The Morgan fingerprint density at radius 1 is 1.08 bits per heavy atom. The SMILES string of the molecule is Nc1ccc(CCNS(=O)(=O)c2cc3c(cc2Cl)OCCO3)cc1. The van der Waals surface area contributed by atoms with Crippen molar-refractivity contribution in [1.29, 1.82) is 0 Å². The number of nitrogen functional groups attached to an aromatic ring is 1. The molecule has 0 saturated heterocycles. The first-order chi connectivity index (χ1) is 11.5. The molecule has 0 atom stereocenters. The quantitative estimate of drug-likeness (QED) is 0.789. The number of halogens is 1. The largest absolute Gasteiger partial charge is 0.486 e. The van der Waals surface area contributed by atoms with Crippen molar-refractivity contribution >= 4 is 27.3 Å². The number of ether oxygens (including phenoxy) is 2. The van der Waals surface area contributed by atoms with Crippen LogP contribution in [0.3, 0.4) is 0 Å². The normalized spacial score (nSPS) is 13.7. The molecule has 1 heterocycles. The van der Waals surface area contributed by atoms with Gasteiger partial charge in [0.1, 0.15) is 18.1 Å². The molecule has 6 nitrogen and oxygen atoms in total. The summed E-state index contributed by atoms with van der Waals surface area (Å²) in [6.07, 6.45) is 0.543. The zero-order valence-corrected chi connectivity index (χ0v) is 14.4. The number of anilines is 1. The minimum atomic E-state index is -3.74. The first-order valence-corrected chi connectivity index (χ1v) is 9.25. The van der Waals surface area contributed by atoms with E-state index in [-0.39, 0.29) is 16.5 Å². The second kappa shape index (κ2) is 6.88. The van der Waals surface area contributed by atoms with E-state index in [9.17, 15) is 8.42 Å². The van der Waals surface area contributed by atoms with Gasteiger partial charge in [-0.05, 0) is 24.1 Å². The van der Waals surface area contributed by atoms with Crippen LogP contribution in [0, 0.1) is 0 Å². The predicted octanol–water partition coefficient (Wildman–Crippen LogP) is 2.21. The molecule has 3 rings (SSSR count). The van der Waals surface area contributed by atoms with E-state index in [1.54, 1.807) is 12.1 Å². The molecule has 0 aromatic heterocycles. The van der Waals surface area contributed by atoms with E-state index < -0.39 is 10.0 Å². The van der Waals surface area contributed by atoms with Crippen molar-refractivity contribution in [3.63, 3.8) is 0 Å². The van der Waals surface area contributed by atoms with E-state index in [0.717, 1.165) is 5.56 Å². The molecular formula is C16H17ClN2O4S. The Morgan fingerprint density at radius 3 is 2.38 bits per heavy atom. The Morgan fingerprint density at radius 2 is 1.71 bits per heavy atom. The molecule has 0 bridgehead atoms. The van der Waals surface area contributed by atoms with Crippen molar-refractivity contribution in [3.8, 4) is 11.5 Å². The Kier molecular flexibility index (Phi) is 4.84. The molecule has 3 N–H and O–H groups in total. The number of rotatable bonds is 5. The van der Waals surface area contributed by atoms with Gasteiger partial charge < -0.3 is 15.2 Å². The van der Waals surface area contributed by atoms with Gasteiger partial charge in [0.05, 0.1) is 5.02 Å². The molecule has 24 heavy (non-hydrogen) atoms. The number of hydrogen-bond donors (Lipinski definition) is 2. The summed E-state index contributed by atoms with van der Waals surface area (Å²) in [6, 6.07) is 10.1. The number of hydrogen-bond acceptors (Lipinski definition) is 5. The predicted molar refractivity (Wildman–Crippen MR) is 92.2 cm³/mol. The van der Waals surface area contributed by atoms with Crippen LogP contribution in [0.2, 0.25) is 5.02 Å². The molecule has 0 unspecified atom stereocenters. The van der Waals surface area contributed by atoms with Crippen LogP contribution in [0.15, 0.2) is 41.3 Å². The molecule has 0 fully saturated rings. The van der Waals surface area contributed by atoms with E-state index in [0.29, 0.717) is 36.8 Å². The minimum absolute atomic E-state index is 0.0225. The average Bonchev–Trinajstić information content (AvgIpc) is 2.56. The minimum Gasteiger partial charge on any atom is -0.486 e. The molecule has 1 aliphatic rings. The molecule has 0 amide bonds. The summed E-state index contributed by atoms with van der Waals surface area (Å²) < 4.78 is 38.3. The number of nitrogens with two attached hydrogens (primary N) is 1. The lowest BCUT2D eigenvalue weighted by Crippen LogP contribution is -2.26. The molecule has 0 saturated carbocycles. The second-order valence-electron chi connectivity index (χ2n) is 5.32. The van der Waals surface area contributed by atoms with Crippen LogP contribution in [0.5, 0.6) is 11.5 Å². The third kappa shape index (κ3) is 3.75. The smallest absolute Gasteiger partial charge is 0.242 e. The van der Waals surface area contributed by atoms with Crippen LogP contribution in [-0.2, 0) is 16.4 Å². The number of sulfonamides is 1. The van der Waals surface area contributed by atoms with Crippen molar-refractivity contribution in [2.75, 3.05) is 25.5 Å². The second-order valence-corrected chi connectivity index (χ2v) is 7.46. The van der Waals surface area contributed by atoms with Gasteiger partial charge in [-0.15, -0.1) is 0 Å². The van der Waals surface area contributed by atoms with E-state index in [2.05, 4.69) is 4.72 Å². The van der Waals surface area contributed by atoms with Gasteiger partial charge in [-0.25, -0.2) is 13.1 Å². The van der Waals surface area contributed by atoms with Crippen molar-refractivity contribution < 1.29 is 17.9 Å². The van der Waals surface area contributed by atoms with E-state index in [1.165, 1.54) is 12.1 Å². The summed E-state index contributed by atoms with van der Waals surface area (Å²) in [7, 11) is -3.74. The first kappa shape index (κ1) is 16.9. The first-order valence-electron chi connectivity index (χ1n) is 7.39. The van der Waals surface area contributed by atoms with E-state index >= 15 is 0 Å². The molecule has 0 spiro atoms. The maximum Gasteiger partial charge on any atom is 0.242 e. The molecule has 2 aromatic rings. The summed E-state index contributed by atoms with van der Waals surface area (Å²) in [5.74, 6) is 0.830. The lowest BCUT2D eigenvalue weighted by atomic mass is 10.1. The van der Waals surface area contributed by atoms with Crippen LogP contribution < -0.4 is 19.9 Å². The van der Waals surface area contributed by atoms with Gasteiger partial charge in [0.2, 0.25) is 10.0 Å². The van der Waals surface area contributed by atoms with Crippen LogP contribution in [0.25, 0.3) is 0 Å². The fourth-order valence-corrected chi connectivity index (χ4v) is 3.91. The molecule has 1 aliphatic heterocycles. The molecule has 0 aliphatic carbocycles. The van der Waals surface area contributed by atoms with Crippen LogP contribution in [0.1, 0.15) is 5.56 Å². The molecular weight excluding hydrogens is 352 g/mol. The maximum absolute atomic E-state index is 12.5. The third-order valence-electron chi connectivity index (χ3n) is 3.57. The standard InChI is InChI=1S/C16H17ClN2O4S/c17-13-9-14-15(23-8-7-22-14)10-16(13)24(20,21)19-6-5-11-1-3-12(18)4-2-11/h1-4,9-10,19H,5-8,18H2. The molecule has 128 valence electrons. The van der Waals surface area contributed by atoms with Crippen molar-refractivity contribution in [1.82, 2.24) is 4.72 Å². The van der Waals surface area contributed by atoms with Crippen molar-refractivity contribution in [2.45, 2.75) is 11.3 Å². The maximum atomic E-state index is 12.5. The lowest BCUT2D eigenvalue weighted by Gasteiger charge is -2.19. The Labute approximate surface area is 145 Å². The van der Waals surface area contributed by atoms with Crippen molar-refractivity contribution in [3.05, 3.63) is 47.0 Å². The summed E-state index contributed by atoms with van der Waals surface area (Å²) in [6.45, 7) is 1.03. The van der Waals surface area contributed by atoms with E-state index in [1.807, 2.05) is 12.1 Å². The molecule has 2 aromatic carbocycles. The van der Waals surface area contributed by atoms with Gasteiger partial charge in [-0.1, -0.05) is 23.7 Å². The summed E-state index contributed by atoms with van der Waals surface area (Å²) >= 11 is 6.09. The average molecular weight is 369 g/mol. The fourth-order valence-electron chi connectivity index (χ4n) is 2.34. The van der Waals surface area contributed by atoms with Crippen LogP contribution in [0.4, 0.5) is 5.69 Å². The van der Waals surface area contributed by atoms with E-state index in [4.69, 9.17) is 26.8 Å². The highest BCUT2D eigenvalue weighted by Crippen LogP contribution is 2.37. The van der Waals surface area contributed by atoms with Crippen LogP contribution in [-0.4, -0.2) is 28.2 Å². The Hall–Kier alpha value is -1.96. The summed E-state index contributed by atoms with van der Waals surface area (Å²) in [5.41, 5.74) is 7.28. The zero-order valence-electron chi connectivity index (χ0n) is 12.8. The van der Waals surface area contributed by atoms with Gasteiger partial charge in [0.15, 0.2) is 11.5 Å². The topological polar surface area (TPSA) is 90.7 Å². The van der Waals surface area contributed by atoms with Crippen molar-refractivity contribution in [2.24, 2.45) is 0 Å². The number of benzene rings is 2. The van der Waals surface area contributed by atoms with Gasteiger partial charge in [-0.2, -0.15) is 0 Å². The summed E-state index contributed by atoms with van der Waals surface area (Å²) in [4.78, 5) is -0.0225. The monoisotopic (exact) mass is 368 g/mol. The highest BCUT2D eigenvalue weighted by Gasteiger charge is 2.23. The Balaban J connectivity index is 1.72. The van der Waals surface area contributed by atoms with Gasteiger partial charge in [0, 0.05) is 24.4 Å². The third-order valence-corrected chi connectivity index (χ3v) is 5.50. The van der Waals surface area contributed by atoms with Gasteiger partial charge in [-0.3, -0.25) is 0 Å². The number of fused-ring (bicyclic) bond motifs is 1. The fraction of sp³-hybridized carbons (Fsp3) is 0.250. The summed E-state index contributed by atoms with van der Waals surface area (Å²) in [5, 5.41) is 0.0965.